The van der Waals surface area contributed by atoms with Crippen LogP contribution < -0.4 is 5.73 Å². The summed E-state index contributed by atoms with van der Waals surface area (Å²) in [4.78, 5) is 12.5. The highest BCUT2D eigenvalue weighted by molar-refractivity contribution is 5.49. The first kappa shape index (κ1) is 10.5. The molecule has 0 aliphatic carbocycles. The van der Waals surface area contributed by atoms with Gasteiger partial charge in [0.1, 0.15) is 11.5 Å². The van der Waals surface area contributed by atoms with Crippen LogP contribution >= 0.6 is 0 Å². The smallest absolute Gasteiger partial charge is 0.223 e. The van der Waals surface area contributed by atoms with Gasteiger partial charge in [-0.25, -0.2) is 4.98 Å². The van der Waals surface area contributed by atoms with E-state index in [9.17, 15) is 0 Å². The number of hydrogen-bond donors (Lipinski definition) is 1. The molecule has 2 heterocycles. The fourth-order valence-electron chi connectivity index (χ4n) is 1.32. The fourth-order valence-corrected chi connectivity index (χ4v) is 1.32. The van der Waals surface area contributed by atoms with Crippen molar-refractivity contribution in [3.8, 4) is 11.5 Å². The first-order valence-electron chi connectivity index (χ1n) is 5.07. The van der Waals surface area contributed by atoms with Crippen LogP contribution in [-0.4, -0.2) is 24.7 Å². The number of anilines is 1. The second kappa shape index (κ2) is 3.88. The zero-order valence-corrected chi connectivity index (χ0v) is 9.55. The van der Waals surface area contributed by atoms with Gasteiger partial charge >= 0.3 is 0 Å². The van der Waals surface area contributed by atoms with Crippen LogP contribution in [0.3, 0.4) is 0 Å². The molecule has 0 fully saturated rings. The number of aryl methyl sites for hydroxylation is 1. The lowest BCUT2D eigenvalue weighted by Crippen LogP contribution is -2.06. The van der Waals surface area contributed by atoms with Gasteiger partial charge in [0, 0.05) is 19.2 Å². The molecule has 0 saturated heterocycles. The third-order valence-corrected chi connectivity index (χ3v) is 2.13. The summed E-state index contributed by atoms with van der Waals surface area (Å²) in [5, 5.41) is 4.23. The summed E-state index contributed by atoms with van der Waals surface area (Å²) < 4.78 is 1.70. The molecular weight excluding hydrogens is 204 g/mol. The van der Waals surface area contributed by atoms with E-state index in [1.54, 1.807) is 4.68 Å². The second-order valence-corrected chi connectivity index (χ2v) is 3.90. The largest absolute Gasteiger partial charge is 0.368 e. The molecule has 2 aromatic heterocycles. The molecule has 0 bridgehead atoms. The van der Waals surface area contributed by atoms with Crippen LogP contribution in [0, 0.1) is 0 Å². The minimum atomic E-state index is 0.216. The number of nitrogens with two attached hydrogens (primary N) is 1. The SMILES string of the molecule is CC(C)c1nc(N)nc(-c2ccn(C)n2)n1. The predicted octanol–water partition coefficient (Wildman–Crippen LogP) is 0.978. The van der Waals surface area contributed by atoms with Gasteiger partial charge < -0.3 is 5.73 Å². The molecule has 2 aromatic rings. The van der Waals surface area contributed by atoms with Crippen molar-refractivity contribution >= 4 is 5.95 Å². The van der Waals surface area contributed by atoms with Gasteiger partial charge in [-0.2, -0.15) is 15.1 Å². The Balaban J connectivity index is 2.49. The lowest BCUT2D eigenvalue weighted by Gasteiger charge is -2.05. The quantitative estimate of drug-likeness (QED) is 0.812. The topological polar surface area (TPSA) is 82.5 Å². The number of nitrogens with zero attached hydrogens (tertiary/aromatic N) is 5. The van der Waals surface area contributed by atoms with Crippen molar-refractivity contribution in [3.63, 3.8) is 0 Å². The maximum atomic E-state index is 5.64. The average Bonchev–Trinajstić information content (AvgIpc) is 2.64. The standard InChI is InChI=1S/C10H14N6/c1-6(2)8-12-9(14-10(11)13-8)7-4-5-16(3)15-7/h4-6H,1-3H3,(H2,11,12,13,14). The Kier molecular flexibility index (Phi) is 2.55. The van der Waals surface area contributed by atoms with Crippen molar-refractivity contribution < 1.29 is 0 Å². The van der Waals surface area contributed by atoms with Gasteiger partial charge in [-0.05, 0) is 6.07 Å². The third kappa shape index (κ3) is 2.00. The van der Waals surface area contributed by atoms with E-state index in [2.05, 4.69) is 20.1 Å². The van der Waals surface area contributed by atoms with Gasteiger partial charge in [0.2, 0.25) is 5.95 Å². The molecule has 0 aromatic carbocycles. The van der Waals surface area contributed by atoms with Crippen molar-refractivity contribution in [1.82, 2.24) is 24.7 Å². The summed E-state index contributed by atoms with van der Waals surface area (Å²) >= 11 is 0. The molecule has 0 saturated carbocycles. The van der Waals surface area contributed by atoms with Crippen molar-refractivity contribution in [2.24, 2.45) is 7.05 Å². The highest BCUT2D eigenvalue weighted by Gasteiger charge is 2.11. The zero-order valence-electron chi connectivity index (χ0n) is 9.55. The summed E-state index contributed by atoms with van der Waals surface area (Å²) in [5.74, 6) is 1.66. The molecule has 0 spiro atoms. The molecule has 0 aliphatic heterocycles. The van der Waals surface area contributed by atoms with E-state index in [-0.39, 0.29) is 11.9 Å². The molecule has 0 aliphatic rings. The average molecular weight is 218 g/mol. The van der Waals surface area contributed by atoms with Gasteiger partial charge in [0.15, 0.2) is 5.82 Å². The highest BCUT2D eigenvalue weighted by atomic mass is 15.3. The van der Waals surface area contributed by atoms with Crippen molar-refractivity contribution in [2.75, 3.05) is 5.73 Å². The minimum absolute atomic E-state index is 0.216. The van der Waals surface area contributed by atoms with Crippen LogP contribution in [0.4, 0.5) is 5.95 Å². The van der Waals surface area contributed by atoms with E-state index in [1.165, 1.54) is 0 Å². The van der Waals surface area contributed by atoms with Gasteiger partial charge in [0.05, 0.1) is 0 Å². The van der Waals surface area contributed by atoms with E-state index < -0.39 is 0 Å². The number of rotatable bonds is 2. The maximum absolute atomic E-state index is 5.64. The van der Waals surface area contributed by atoms with E-state index in [4.69, 9.17) is 5.73 Å². The van der Waals surface area contributed by atoms with Crippen molar-refractivity contribution in [1.29, 1.82) is 0 Å². The lowest BCUT2D eigenvalue weighted by atomic mass is 10.2. The molecule has 2 rings (SSSR count). The molecule has 6 heteroatoms. The van der Waals surface area contributed by atoms with Crippen LogP contribution in [0.25, 0.3) is 11.5 Å². The summed E-state index contributed by atoms with van der Waals surface area (Å²) in [5.41, 5.74) is 6.35. The Bertz CT molecular complexity index is 502. The fraction of sp³-hybridized carbons (Fsp3) is 0.400. The van der Waals surface area contributed by atoms with Crippen LogP contribution in [-0.2, 0) is 7.05 Å². The Morgan fingerprint density at radius 2 is 2.00 bits per heavy atom. The molecule has 84 valence electrons. The van der Waals surface area contributed by atoms with Crippen LogP contribution in [0.5, 0.6) is 0 Å². The number of aromatic nitrogens is 5. The molecule has 16 heavy (non-hydrogen) atoms. The third-order valence-electron chi connectivity index (χ3n) is 2.13. The van der Waals surface area contributed by atoms with Gasteiger partial charge in [-0.1, -0.05) is 13.8 Å². The highest BCUT2D eigenvalue weighted by Crippen LogP contribution is 2.16. The van der Waals surface area contributed by atoms with E-state index in [0.29, 0.717) is 17.3 Å². The maximum Gasteiger partial charge on any atom is 0.223 e. The summed E-state index contributed by atoms with van der Waals surface area (Å²) in [6.45, 7) is 4.02. The lowest BCUT2D eigenvalue weighted by molar-refractivity contribution is 0.753. The van der Waals surface area contributed by atoms with Crippen LogP contribution in [0.2, 0.25) is 0 Å². The first-order chi connectivity index (χ1) is 7.56. The van der Waals surface area contributed by atoms with Crippen molar-refractivity contribution in [2.45, 2.75) is 19.8 Å². The number of nitrogen functional groups attached to an aromatic ring is 1. The minimum Gasteiger partial charge on any atom is -0.368 e. The second-order valence-electron chi connectivity index (χ2n) is 3.90. The molecule has 0 unspecified atom stereocenters. The van der Waals surface area contributed by atoms with Crippen LogP contribution in [0.15, 0.2) is 12.3 Å². The molecular formula is C10H14N6. The van der Waals surface area contributed by atoms with E-state index in [1.807, 2.05) is 33.2 Å². The molecule has 2 N–H and O–H groups in total. The molecule has 0 radical (unpaired) electrons. The monoisotopic (exact) mass is 218 g/mol. The molecule has 0 atom stereocenters. The molecule has 6 nitrogen and oxygen atoms in total. The van der Waals surface area contributed by atoms with Gasteiger partial charge in [0.25, 0.3) is 0 Å². The Morgan fingerprint density at radius 3 is 2.56 bits per heavy atom. The van der Waals surface area contributed by atoms with Crippen LogP contribution in [0.1, 0.15) is 25.6 Å². The summed E-state index contributed by atoms with van der Waals surface area (Å²) in [6, 6.07) is 1.85. The summed E-state index contributed by atoms with van der Waals surface area (Å²) in [6.07, 6.45) is 1.84. The Labute approximate surface area is 93.6 Å². The molecule has 0 amide bonds. The number of hydrogen-bond acceptors (Lipinski definition) is 5. The van der Waals surface area contributed by atoms with E-state index in [0.717, 1.165) is 0 Å². The normalized spacial score (nSPS) is 11.0. The zero-order chi connectivity index (χ0) is 11.7. The predicted molar refractivity (Wildman–Crippen MR) is 60.5 cm³/mol. The van der Waals surface area contributed by atoms with Crippen molar-refractivity contribution in [3.05, 3.63) is 18.1 Å². The van der Waals surface area contributed by atoms with E-state index >= 15 is 0 Å². The Hall–Kier alpha value is -1.98. The van der Waals surface area contributed by atoms with Gasteiger partial charge in [-0.3, -0.25) is 4.68 Å². The Morgan fingerprint density at radius 1 is 1.25 bits per heavy atom. The van der Waals surface area contributed by atoms with Gasteiger partial charge in [-0.15, -0.1) is 0 Å². The first-order valence-corrected chi connectivity index (χ1v) is 5.07. The summed E-state index contributed by atoms with van der Waals surface area (Å²) in [7, 11) is 1.84.